The van der Waals surface area contributed by atoms with E-state index in [4.69, 9.17) is 9.15 Å². The minimum absolute atomic E-state index is 0.0523. The van der Waals surface area contributed by atoms with E-state index in [1.54, 1.807) is 24.3 Å². The molecule has 0 radical (unpaired) electrons. The number of aromatic nitrogens is 2. The number of nitrogens with zero attached hydrogens (tertiary/aromatic N) is 2. The average Bonchev–Trinajstić information content (AvgIpc) is 3.06. The minimum atomic E-state index is -0.575. The molecule has 1 aromatic heterocycles. The highest BCUT2D eigenvalue weighted by molar-refractivity contribution is 5.98. The summed E-state index contributed by atoms with van der Waals surface area (Å²) in [5.41, 5.74) is 1.13. The highest BCUT2D eigenvalue weighted by atomic mass is 19.1. The van der Waals surface area contributed by atoms with Crippen LogP contribution in [0.15, 0.2) is 52.9 Å². The summed E-state index contributed by atoms with van der Waals surface area (Å²) in [6.45, 7) is 2.48. The Kier molecular flexibility index (Phi) is 4.89. The van der Waals surface area contributed by atoms with E-state index in [1.807, 2.05) is 6.92 Å². The third-order valence-corrected chi connectivity index (χ3v) is 3.16. The molecule has 128 valence electrons. The Morgan fingerprint density at radius 1 is 1.08 bits per heavy atom. The third-order valence-electron chi connectivity index (χ3n) is 3.16. The molecule has 3 rings (SSSR count). The Hall–Kier alpha value is -3.42. The zero-order valence-electron chi connectivity index (χ0n) is 13.3. The lowest BCUT2D eigenvalue weighted by Gasteiger charge is -2.04. The molecule has 8 heteroatoms. The maximum atomic E-state index is 12.8. The second-order valence-electron chi connectivity index (χ2n) is 4.96. The molecule has 0 aliphatic carbocycles. The molecule has 2 amide bonds. The number of rotatable bonds is 5. The molecule has 0 aliphatic heterocycles. The number of ether oxygens (including phenoxy) is 1. The van der Waals surface area contributed by atoms with Gasteiger partial charge in [-0.2, -0.15) is 0 Å². The fourth-order valence-corrected chi connectivity index (χ4v) is 2.04. The standard InChI is InChI=1S/C17H15FN4O3/c1-2-24-14-9-3-11(4-10-14)15-21-22-17(25-15)20-16(23)19-13-7-5-12(18)6-8-13/h3-10H,2H2,1H3,(H2,19,20,22,23). The van der Waals surface area contributed by atoms with Gasteiger partial charge in [-0.05, 0) is 55.5 Å². The van der Waals surface area contributed by atoms with Crippen LogP contribution in [-0.2, 0) is 0 Å². The van der Waals surface area contributed by atoms with Crippen molar-refractivity contribution in [1.82, 2.24) is 10.2 Å². The molecule has 25 heavy (non-hydrogen) atoms. The summed E-state index contributed by atoms with van der Waals surface area (Å²) in [4.78, 5) is 11.9. The molecule has 0 atom stereocenters. The van der Waals surface area contributed by atoms with Gasteiger partial charge in [-0.15, -0.1) is 5.10 Å². The van der Waals surface area contributed by atoms with Gasteiger partial charge in [0.2, 0.25) is 5.89 Å². The molecular weight excluding hydrogens is 327 g/mol. The van der Waals surface area contributed by atoms with Gasteiger partial charge >= 0.3 is 12.0 Å². The Labute approximate surface area is 142 Å². The first-order chi connectivity index (χ1) is 12.1. The van der Waals surface area contributed by atoms with Crippen molar-refractivity contribution in [2.75, 3.05) is 17.2 Å². The SMILES string of the molecule is CCOc1ccc(-c2nnc(NC(=O)Nc3ccc(F)cc3)o2)cc1. The number of anilines is 2. The fourth-order valence-electron chi connectivity index (χ4n) is 2.04. The summed E-state index contributed by atoms with van der Waals surface area (Å²) in [7, 11) is 0. The van der Waals surface area contributed by atoms with Gasteiger partial charge in [0.05, 0.1) is 6.61 Å². The number of urea groups is 1. The van der Waals surface area contributed by atoms with Crippen LogP contribution in [0.25, 0.3) is 11.5 Å². The van der Waals surface area contributed by atoms with Crippen LogP contribution in [0, 0.1) is 5.82 Å². The Balaban J connectivity index is 1.62. The lowest BCUT2D eigenvalue weighted by atomic mass is 10.2. The maximum Gasteiger partial charge on any atom is 0.327 e. The molecule has 2 N–H and O–H groups in total. The predicted octanol–water partition coefficient (Wildman–Crippen LogP) is 3.92. The van der Waals surface area contributed by atoms with Crippen LogP contribution >= 0.6 is 0 Å². The van der Waals surface area contributed by atoms with E-state index in [0.29, 0.717) is 17.9 Å². The summed E-state index contributed by atoms with van der Waals surface area (Å²) < 4.78 is 23.6. The highest BCUT2D eigenvalue weighted by Crippen LogP contribution is 2.22. The summed E-state index contributed by atoms with van der Waals surface area (Å²) in [6, 6.07) is 11.9. The number of hydrogen-bond acceptors (Lipinski definition) is 5. The van der Waals surface area contributed by atoms with Gasteiger partial charge in [0.1, 0.15) is 11.6 Å². The minimum Gasteiger partial charge on any atom is -0.494 e. The quantitative estimate of drug-likeness (QED) is 0.733. The summed E-state index contributed by atoms with van der Waals surface area (Å²) in [5, 5.41) is 12.6. The number of halogens is 1. The molecule has 1 heterocycles. The van der Waals surface area contributed by atoms with Crippen LogP contribution in [0.2, 0.25) is 0 Å². The van der Waals surface area contributed by atoms with E-state index < -0.39 is 6.03 Å². The Bertz CT molecular complexity index is 847. The largest absolute Gasteiger partial charge is 0.494 e. The van der Waals surface area contributed by atoms with E-state index in [9.17, 15) is 9.18 Å². The topological polar surface area (TPSA) is 89.3 Å². The van der Waals surface area contributed by atoms with Crippen LogP contribution in [0.5, 0.6) is 5.75 Å². The smallest absolute Gasteiger partial charge is 0.327 e. The molecule has 0 saturated heterocycles. The van der Waals surface area contributed by atoms with Crippen molar-refractivity contribution in [1.29, 1.82) is 0 Å². The van der Waals surface area contributed by atoms with Crippen molar-refractivity contribution in [3.8, 4) is 17.2 Å². The second-order valence-corrected chi connectivity index (χ2v) is 4.96. The Morgan fingerprint density at radius 2 is 1.80 bits per heavy atom. The molecule has 0 unspecified atom stereocenters. The van der Waals surface area contributed by atoms with Gasteiger partial charge in [0.15, 0.2) is 0 Å². The van der Waals surface area contributed by atoms with Crippen molar-refractivity contribution in [3.63, 3.8) is 0 Å². The normalized spacial score (nSPS) is 10.3. The number of nitrogens with one attached hydrogen (secondary N) is 2. The van der Waals surface area contributed by atoms with Crippen LogP contribution < -0.4 is 15.4 Å². The van der Waals surface area contributed by atoms with Gasteiger partial charge in [-0.1, -0.05) is 5.10 Å². The monoisotopic (exact) mass is 342 g/mol. The fraction of sp³-hybridized carbons (Fsp3) is 0.118. The van der Waals surface area contributed by atoms with Gasteiger partial charge in [-0.3, -0.25) is 5.32 Å². The maximum absolute atomic E-state index is 12.8. The zero-order valence-corrected chi connectivity index (χ0v) is 13.3. The lowest BCUT2D eigenvalue weighted by Crippen LogP contribution is -2.19. The van der Waals surface area contributed by atoms with Crippen LogP contribution in [0.1, 0.15) is 6.92 Å². The number of hydrogen-bond donors (Lipinski definition) is 2. The zero-order chi connectivity index (χ0) is 17.6. The molecule has 3 aromatic rings. The predicted molar refractivity (Wildman–Crippen MR) is 89.9 cm³/mol. The first-order valence-electron chi connectivity index (χ1n) is 7.54. The molecule has 0 bridgehead atoms. The summed E-state index contributed by atoms with van der Waals surface area (Å²) >= 11 is 0. The number of amides is 2. The highest BCUT2D eigenvalue weighted by Gasteiger charge is 2.11. The van der Waals surface area contributed by atoms with E-state index in [1.165, 1.54) is 24.3 Å². The molecule has 0 saturated carbocycles. The molecule has 0 spiro atoms. The number of benzene rings is 2. The van der Waals surface area contributed by atoms with Crippen molar-refractivity contribution in [2.45, 2.75) is 6.92 Å². The molecule has 7 nitrogen and oxygen atoms in total. The van der Waals surface area contributed by atoms with Crippen LogP contribution in [0.4, 0.5) is 20.9 Å². The Morgan fingerprint density at radius 3 is 2.48 bits per heavy atom. The van der Waals surface area contributed by atoms with Crippen molar-refractivity contribution >= 4 is 17.7 Å². The van der Waals surface area contributed by atoms with E-state index in [-0.39, 0.29) is 17.7 Å². The molecular formula is C17H15FN4O3. The van der Waals surface area contributed by atoms with Crippen molar-refractivity contribution in [3.05, 3.63) is 54.3 Å². The van der Waals surface area contributed by atoms with Gasteiger partial charge in [0.25, 0.3) is 0 Å². The van der Waals surface area contributed by atoms with Gasteiger partial charge < -0.3 is 14.5 Å². The van der Waals surface area contributed by atoms with Crippen molar-refractivity contribution < 1.29 is 18.3 Å². The first-order valence-corrected chi connectivity index (χ1v) is 7.54. The number of carbonyl (C=O) groups is 1. The van der Waals surface area contributed by atoms with E-state index >= 15 is 0 Å². The second kappa shape index (κ2) is 7.43. The molecule has 0 fully saturated rings. The summed E-state index contributed by atoms with van der Waals surface area (Å²) in [6.07, 6.45) is 0. The number of carbonyl (C=O) groups excluding carboxylic acids is 1. The van der Waals surface area contributed by atoms with E-state index in [2.05, 4.69) is 20.8 Å². The van der Waals surface area contributed by atoms with Crippen LogP contribution in [-0.4, -0.2) is 22.8 Å². The van der Waals surface area contributed by atoms with Crippen LogP contribution in [0.3, 0.4) is 0 Å². The lowest BCUT2D eigenvalue weighted by molar-refractivity contribution is 0.261. The first kappa shape index (κ1) is 16.4. The summed E-state index contributed by atoms with van der Waals surface area (Å²) in [5.74, 6) is 0.616. The van der Waals surface area contributed by atoms with E-state index in [0.717, 1.165) is 5.75 Å². The van der Waals surface area contributed by atoms with Gasteiger partial charge in [-0.25, -0.2) is 9.18 Å². The average molecular weight is 342 g/mol. The third kappa shape index (κ3) is 4.31. The van der Waals surface area contributed by atoms with Gasteiger partial charge in [0, 0.05) is 11.3 Å². The van der Waals surface area contributed by atoms with Crippen molar-refractivity contribution in [2.24, 2.45) is 0 Å². The molecule has 2 aromatic carbocycles. The molecule has 0 aliphatic rings.